The van der Waals surface area contributed by atoms with Crippen molar-refractivity contribution >= 4 is 32.4 Å². The molecule has 0 saturated carbocycles. The largest absolute Gasteiger partial charge is 0.497 e. The number of anilines is 2. The molecule has 1 fully saturated rings. The quantitative estimate of drug-likeness (QED) is 0.288. The molecule has 0 amide bonds. The highest BCUT2D eigenvalue weighted by Crippen LogP contribution is 2.29. The van der Waals surface area contributed by atoms with Crippen molar-refractivity contribution < 1.29 is 13.2 Å². The lowest BCUT2D eigenvalue weighted by Gasteiger charge is -2.36. The molecule has 1 atom stereocenters. The second kappa shape index (κ2) is 11.3. The second-order valence-electron chi connectivity index (χ2n) is 9.87. The maximum Gasteiger partial charge on any atom is 0.243 e. The first-order valence-corrected chi connectivity index (χ1v) is 14.9. The number of methoxy groups -OCH3 is 1. The van der Waals surface area contributed by atoms with Crippen LogP contribution in [0.25, 0.3) is 16.6 Å². The number of para-hydroxylation sites is 1. The smallest absolute Gasteiger partial charge is 0.243 e. The van der Waals surface area contributed by atoms with E-state index in [-0.39, 0.29) is 10.9 Å². The molecule has 1 N–H and O–H groups in total. The summed E-state index contributed by atoms with van der Waals surface area (Å²) in [6.07, 6.45) is 3.51. The Balaban J connectivity index is 1.18. The van der Waals surface area contributed by atoms with E-state index < -0.39 is 10.0 Å². The summed E-state index contributed by atoms with van der Waals surface area (Å²) >= 11 is 0. The summed E-state index contributed by atoms with van der Waals surface area (Å²) in [4.78, 5) is 12.3. The number of piperazine rings is 1. The van der Waals surface area contributed by atoms with Crippen LogP contribution < -0.4 is 10.1 Å². The number of nitrogens with one attached hydrogen (secondary N) is 1. The Morgan fingerprint density at radius 2 is 1.68 bits per heavy atom. The molecule has 11 heteroatoms. The lowest BCUT2D eigenvalue weighted by Crippen LogP contribution is -2.49. The Labute approximate surface area is 239 Å². The molecular weight excluding hydrogens is 538 g/mol. The summed E-state index contributed by atoms with van der Waals surface area (Å²) < 4.78 is 35.4. The van der Waals surface area contributed by atoms with Gasteiger partial charge in [-0.3, -0.25) is 4.90 Å². The first kappa shape index (κ1) is 26.9. The summed E-state index contributed by atoms with van der Waals surface area (Å²) in [5, 5.41) is 8.55. The fourth-order valence-corrected chi connectivity index (χ4v) is 6.47. The molecule has 0 bridgehead atoms. The number of hydrogen-bond acceptors (Lipinski definition) is 8. The van der Waals surface area contributed by atoms with Crippen LogP contribution in [0.15, 0.2) is 96.2 Å². The number of nitrogens with zero attached hydrogens (tertiary/aromatic N) is 6. The number of rotatable bonds is 8. The van der Waals surface area contributed by atoms with Crippen LogP contribution in [0.3, 0.4) is 0 Å². The maximum atomic E-state index is 13.4. The van der Waals surface area contributed by atoms with Crippen LogP contribution in [0.2, 0.25) is 0 Å². The number of benzene rings is 3. The van der Waals surface area contributed by atoms with Crippen molar-refractivity contribution in [2.75, 3.05) is 38.6 Å². The Morgan fingerprint density at radius 3 is 2.41 bits per heavy atom. The van der Waals surface area contributed by atoms with Crippen molar-refractivity contribution in [1.82, 2.24) is 29.0 Å². The Bertz CT molecular complexity index is 1750. The summed E-state index contributed by atoms with van der Waals surface area (Å²) in [7, 11) is -1.97. The van der Waals surface area contributed by atoms with Crippen LogP contribution in [0.5, 0.6) is 5.75 Å². The first-order valence-electron chi connectivity index (χ1n) is 13.4. The summed E-state index contributed by atoms with van der Waals surface area (Å²) in [6.45, 7) is 3.98. The van der Waals surface area contributed by atoms with Gasteiger partial charge in [-0.2, -0.15) is 9.40 Å². The van der Waals surface area contributed by atoms with Gasteiger partial charge in [0, 0.05) is 55.7 Å². The Morgan fingerprint density at radius 1 is 0.902 bits per heavy atom. The molecular formula is C30H31N7O3S. The van der Waals surface area contributed by atoms with E-state index in [1.54, 1.807) is 46.6 Å². The van der Waals surface area contributed by atoms with Gasteiger partial charge in [-0.25, -0.2) is 23.1 Å². The minimum atomic E-state index is -3.61. The van der Waals surface area contributed by atoms with Crippen LogP contribution in [-0.4, -0.2) is 70.7 Å². The summed E-state index contributed by atoms with van der Waals surface area (Å²) in [5.74, 6) is 2.15. The number of fused-ring (bicyclic) bond motifs is 1. The molecule has 1 aliphatic rings. The van der Waals surface area contributed by atoms with Crippen LogP contribution in [-0.2, 0) is 10.0 Å². The SMILES string of the molecule is COc1cccc(Nc2nc(C(C)N3CCN(S(=O)(=O)c4ccc(-n5cccn5)cc4)CC3)nc3ccccc23)c1. The van der Waals surface area contributed by atoms with Crippen LogP contribution >= 0.6 is 0 Å². The van der Waals surface area contributed by atoms with E-state index in [0.29, 0.717) is 37.8 Å². The fourth-order valence-electron chi connectivity index (χ4n) is 5.05. The van der Waals surface area contributed by atoms with Gasteiger partial charge in [-0.1, -0.05) is 18.2 Å². The molecule has 1 unspecified atom stereocenters. The van der Waals surface area contributed by atoms with Crippen molar-refractivity contribution in [3.63, 3.8) is 0 Å². The van der Waals surface area contributed by atoms with Gasteiger partial charge in [0.25, 0.3) is 0 Å². The first-order chi connectivity index (χ1) is 19.9. The summed E-state index contributed by atoms with van der Waals surface area (Å²) in [5.41, 5.74) is 2.51. The van der Waals surface area contributed by atoms with Crippen molar-refractivity contribution in [2.24, 2.45) is 0 Å². The molecule has 1 aliphatic heterocycles. The highest BCUT2D eigenvalue weighted by Gasteiger charge is 2.31. The predicted molar refractivity (Wildman–Crippen MR) is 158 cm³/mol. The molecule has 0 spiro atoms. The third-order valence-electron chi connectivity index (χ3n) is 7.39. The average Bonchev–Trinajstić information content (AvgIpc) is 3.56. The maximum absolute atomic E-state index is 13.4. The van der Waals surface area contributed by atoms with Crippen molar-refractivity contribution in [3.05, 3.63) is 97.1 Å². The van der Waals surface area contributed by atoms with Crippen LogP contribution in [0.1, 0.15) is 18.8 Å². The van der Waals surface area contributed by atoms with E-state index in [0.717, 1.165) is 28.0 Å². The van der Waals surface area contributed by atoms with E-state index in [9.17, 15) is 8.42 Å². The zero-order valence-corrected chi connectivity index (χ0v) is 23.7. The highest BCUT2D eigenvalue weighted by atomic mass is 32.2. The topological polar surface area (TPSA) is 105 Å². The number of ether oxygens (including phenoxy) is 1. The monoisotopic (exact) mass is 569 g/mol. The zero-order chi connectivity index (χ0) is 28.4. The number of sulfonamides is 1. The standard InChI is InChI=1S/C30H31N7O3S/c1-22(29-33-28-10-4-3-9-27(28)30(34-29)32-23-7-5-8-25(21-23)40-2)35-17-19-36(20-18-35)41(38,39)26-13-11-24(12-14-26)37-16-6-15-31-37/h3-16,21-22H,17-20H2,1-2H3,(H,32,33,34). The lowest BCUT2D eigenvalue weighted by molar-refractivity contribution is 0.141. The predicted octanol–water partition coefficient (Wildman–Crippen LogP) is 4.64. The van der Waals surface area contributed by atoms with Crippen molar-refractivity contribution in [2.45, 2.75) is 17.9 Å². The molecule has 6 rings (SSSR count). The van der Waals surface area contributed by atoms with E-state index in [1.807, 2.05) is 60.8 Å². The van der Waals surface area contributed by atoms with E-state index in [4.69, 9.17) is 14.7 Å². The lowest BCUT2D eigenvalue weighted by atomic mass is 10.2. The third kappa shape index (κ3) is 5.51. The molecule has 3 aromatic carbocycles. The molecule has 10 nitrogen and oxygen atoms in total. The number of hydrogen-bond donors (Lipinski definition) is 1. The molecule has 5 aromatic rings. The minimum absolute atomic E-state index is 0.108. The van der Waals surface area contributed by atoms with Gasteiger partial charge >= 0.3 is 0 Å². The van der Waals surface area contributed by atoms with Gasteiger partial charge in [0.15, 0.2) is 0 Å². The zero-order valence-electron chi connectivity index (χ0n) is 22.9. The van der Waals surface area contributed by atoms with Crippen molar-refractivity contribution in [1.29, 1.82) is 0 Å². The van der Waals surface area contributed by atoms with Crippen LogP contribution in [0, 0.1) is 0 Å². The van der Waals surface area contributed by atoms with E-state index in [2.05, 4.69) is 22.2 Å². The third-order valence-corrected chi connectivity index (χ3v) is 9.30. The van der Waals surface area contributed by atoms with E-state index >= 15 is 0 Å². The molecule has 0 radical (unpaired) electrons. The number of aromatic nitrogens is 4. The second-order valence-corrected chi connectivity index (χ2v) is 11.8. The van der Waals surface area contributed by atoms with Gasteiger partial charge in [0.2, 0.25) is 10.0 Å². The van der Waals surface area contributed by atoms with Gasteiger partial charge in [-0.15, -0.1) is 0 Å². The molecule has 41 heavy (non-hydrogen) atoms. The van der Waals surface area contributed by atoms with E-state index in [1.165, 1.54) is 0 Å². The summed E-state index contributed by atoms with van der Waals surface area (Å²) in [6, 6.07) is 24.2. The van der Waals surface area contributed by atoms with Gasteiger partial charge < -0.3 is 10.1 Å². The molecule has 3 heterocycles. The van der Waals surface area contributed by atoms with Gasteiger partial charge in [0.05, 0.1) is 29.3 Å². The molecule has 2 aromatic heterocycles. The fraction of sp³-hybridized carbons (Fsp3) is 0.233. The van der Waals surface area contributed by atoms with Crippen LogP contribution in [0.4, 0.5) is 11.5 Å². The van der Waals surface area contributed by atoms with Crippen molar-refractivity contribution in [3.8, 4) is 11.4 Å². The normalized spacial score (nSPS) is 15.6. The molecule has 210 valence electrons. The molecule has 1 saturated heterocycles. The van der Waals surface area contributed by atoms with Gasteiger partial charge in [-0.05, 0) is 61.5 Å². The molecule has 0 aliphatic carbocycles. The Kier molecular flexibility index (Phi) is 7.39. The van der Waals surface area contributed by atoms with Gasteiger partial charge in [0.1, 0.15) is 17.4 Å². The average molecular weight is 570 g/mol. The highest BCUT2D eigenvalue weighted by molar-refractivity contribution is 7.89. The minimum Gasteiger partial charge on any atom is -0.497 e. The Hall–Kier alpha value is -4.32.